The van der Waals surface area contributed by atoms with E-state index in [2.05, 4.69) is 16.7 Å². The number of nitriles is 1. The van der Waals surface area contributed by atoms with Gasteiger partial charge in [-0.1, -0.05) is 6.92 Å². The number of rotatable bonds is 3. The lowest BCUT2D eigenvalue weighted by atomic mass is 10.1. The van der Waals surface area contributed by atoms with Crippen molar-refractivity contribution in [3.05, 3.63) is 30.1 Å². The van der Waals surface area contributed by atoms with Crippen molar-refractivity contribution in [1.29, 1.82) is 5.26 Å². The molecule has 1 aliphatic rings. The summed E-state index contributed by atoms with van der Waals surface area (Å²) < 4.78 is 12.7. The number of nitrogens with zero attached hydrogens (tertiary/aromatic N) is 2. The Kier molecular flexibility index (Phi) is 4.94. The molecule has 1 saturated heterocycles. The van der Waals surface area contributed by atoms with Gasteiger partial charge in [0.05, 0.1) is 12.6 Å². The second-order valence-corrected chi connectivity index (χ2v) is 5.35. The summed E-state index contributed by atoms with van der Waals surface area (Å²) in [6.07, 6.45) is 0.657. The summed E-state index contributed by atoms with van der Waals surface area (Å²) in [4.78, 5) is 25.2. The summed E-state index contributed by atoms with van der Waals surface area (Å²) in [6.45, 7) is 2.32. The highest BCUT2D eigenvalue weighted by atomic mass is 19.1. The summed E-state index contributed by atoms with van der Waals surface area (Å²) >= 11 is 0. The molecule has 2 atom stereocenters. The molecule has 1 aliphatic heterocycles. The molecule has 0 saturated carbocycles. The molecule has 2 N–H and O–H groups in total. The second kappa shape index (κ2) is 6.89. The van der Waals surface area contributed by atoms with Gasteiger partial charge in [0.15, 0.2) is 0 Å². The van der Waals surface area contributed by atoms with Gasteiger partial charge in [0.1, 0.15) is 11.9 Å². The predicted octanol–water partition coefficient (Wildman–Crippen LogP) is 1.71. The van der Waals surface area contributed by atoms with Crippen molar-refractivity contribution in [2.45, 2.75) is 19.4 Å². The number of halogens is 1. The van der Waals surface area contributed by atoms with Crippen LogP contribution in [0, 0.1) is 23.1 Å². The molecule has 7 heteroatoms. The minimum Gasteiger partial charge on any atom is -0.329 e. The van der Waals surface area contributed by atoms with Gasteiger partial charge in [-0.25, -0.2) is 9.18 Å². The normalized spacial score (nSPS) is 20.3. The van der Waals surface area contributed by atoms with Gasteiger partial charge in [0.25, 0.3) is 0 Å². The molecule has 3 amide bonds. The Morgan fingerprint density at radius 3 is 2.73 bits per heavy atom. The molecular weight excluding hydrogens is 287 g/mol. The summed E-state index contributed by atoms with van der Waals surface area (Å²) in [5.41, 5.74) is 0.427. The van der Waals surface area contributed by atoms with E-state index in [1.54, 1.807) is 0 Å². The van der Waals surface area contributed by atoms with Crippen molar-refractivity contribution >= 4 is 17.6 Å². The van der Waals surface area contributed by atoms with Crippen LogP contribution in [0.2, 0.25) is 0 Å². The standard InChI is InChI=1S/C15H17FN4O2/c1-10-6-13(7-17)20(9-10)14(21)8-18-15(22)19-12-4-2-11(16)3-5-12/h2-5,10,13H,6,8-9H2,1H3,(H2,18,19,22). The highest BCUT2D eigenvalue weighted by Gasteiger charge is 2.32. The van der Waals surface area contributed by atoms with Gasteiger partial charge in [-0.15, -0.1) is 0 Å². The van der Waals surface area contributed by atoms with Crippen LogP contribution in [0.4, 0.5) is 14.9 Å². The first kappa shape index (κ1) is 15.8. The number of carbonyl (C=O) groups is 2. The maximum absolute atomic E-state index is 12.7. The van der Waals surface area contributed by atoms with Gasteiger partial charge < -0.3 is 15.5 Å². The molecule has 1 aromatic rings. The van der Waals surface area contributed by atoms with E-state index in [1.165, 1.54) is 29.2 Å². The van der Waals surface area contributed by atoms with Crippen LogP contribution in [0.15, 0.2) is 24.3 Å². The number of likely N-dealkylation sites (tertiary alicyclic amines) is 1. The van der Waals surface area contributed by atoms with Crippen LogP contribution < -0.4 is 10.6 Å². The summed E-state index contributed by atoms with van der Waals surface area (Å²) in [5.74, 6) is -0.404. The fraction of sp³-hybridized carbons (Fsp3) is 0.400. The number of carbonyl (C=O) groups excluding carboxylic acids is 2. The van der Waals surface area contributed by atoms with Crippen LogP contribution in [-0.4, -0.2) is 36.0 Å². The topological polar surface area (TPSA) is 85.2 Å². The lowest BCUT2D eigenvalue weighted by molar-refractivity contribution is -0.130. The predicted molar refractivity (Wildman–Crippen MR) is 78.3 cm³/mol. The van der Waals surface area contributed by atoms with E-state index in [0.29, 0.717) is 18.7 Å². The van der Waals surface area contributed by atoms with Crippen molar-refractivity contribution in [2.24, 2.45) is 5.92 Å². The lowest BCUT2D eigenvalue weighted by Crippen LogP contribution is -2.43. The number of amides is 3. The maximum Gasteiger partial charge on any atom is 0.319 e. The number of hydrogen-bond donors (Lipinski definition) is 2. The number of hydrogen-bond acceptors (Lipinski definition) is 3. The van der Waals surface area contributed by atoms with Crippen LogP contribution in [0.3, 0.4) is 0 Å². The molecule has 0 spiro atoms. The number of benzene rings is 1. The summed E-state index contributed by atoms with van der Waals surface area (Å²) in [7, 11) is 0. The number of urea groups is 1. The van der Waals surface area contributed by atoms with Crippen molar-refractivity contribution < 1.29 is 14.0 Å². The molecule has 0 aromatic heterocycles. The Balaban J connectivity index is 1.82. The first-order chi connectivity index (χ1) is 10.5. The third-order valence-electron chi connectivity index (χ3n) is 3.48. The monoisotopic (exact) mass is 304 g/mol. The number of nitrogens with one attached hydrogen (secondary N) is 2. The SMILES string of the molecule is CC1CC(C#N)N(C(=O)CNC(=O)Nc2ccc(F)cc2)C1. The molecule has 1 fully saturated rings. The van der Waals surface area contributed by atoms with Crippen LogP contribution >= 0.6 is 0 Å². The summed E-state index contributed by atoms with van der Waals surface area (Å²) in [6, 6.07) is 6.41. The van der Waals surface area contributed by atoms with Crippen LogP contribution in [0.1, 0.15) is 13.3 Å². The molecule has 1 aromatic carbocycles. The zero-order valence-electron chi connectivity index (χ0n) is 12.2. The Morgan fingerprint density at radius 1 is 1.41 bits per heavy atom. The molecule has 1 heterocycles. The Hall–Kier alpha value is -2.62. The molecule has 116 valence electrons. The highest BCUT2D eigenvalue weighted by Crippen LogP contribution is 2.21. The minimum absolute atomic E-state index is 0.183. The van der Waals surface area contributed by atoms with Crippen molar-refractivity contribution in [3.8, 4) is 6.07 Å². The van der Waals surface area contributed by atoms with Gasteiger partial charge in [-0.05, 0) is 36.6 Å². The van der Waals surface area contributed by atoms with Crippen LogP contribution in [0.25, 0.3) is 0 Å². The van der Waals surface area contributed by atoms with E-state index in [-0.39, 0.29) is 18.4 Å². The Labute approximate surface area is 127 Å². The second-order valence-electron chi connectivity index (χ2n) is 5.35. The first-order valence-corrected chi connectivity index (χ1v) is 6.99. The average molecular weight is 304 g/mol. The highest BCUT2D eigenvalue weighted by molar-refractivity contribution is 5.92. The number of anilines is 1. The molecule has 0 bridgehead atoms. The Bertz CT molecular complexity index is 597. The van der Waals surface area contributed by atoms with Crippen LogP contribution in [-0.2, 0) is 4.79 Å². The van der Waals surface area contributed by atoms with Crippen LogP contribution in [0.5, 0.6) is 0 Å². The van der Waals surface area contributed by atoms with Crippen molar-refractivity contribution in [1.82, 2.24) is 10.2 Å². The molecule has 0 aliphatic carbocycles. The molecule has 6 nitrogen and oxygen atoms in total. The first-order valence-electron chi connectivity index (χ1n) is 6.99. The van der Waals surface area contributed by atoms with E-state index < -0.39 is 17.9 Å². The van der Waals surface area contributed by atoms with Crippen molar-refractivity contribution in [3.63, 3.8) is 0 Å². The molecule has 22 heavy (non-hydrogen) atoms. The fourth-order valence-corrected chi connectivity index (χ4v) is 2.41. The van der Waals surface area contributed by atoms with E-state index in [4.69, 9.17) is 5.26 Å². The molecule has 2 unspecified atom stereocenters. The van der Waals surface area contributed by atoms with Gasteiger partial charge in [-0.2, -0.15) is 5.26 Å². The van der Waals surface area contributed by atoms with Gasteiger partial charge >= 0.3 is 6.03 Å². The van der Waals surface area contributed by atoms with Crippen molar-refractivity contribution in [2.75, 3.05) is 18.4 Å². The third kappa shape index (κ3) is 3.95. The molecular formula is C15H17FN4O2. The third-order valence-corrected chi connectivity index (χ3v) is 3.48. The largest absolute Gasteiger partial charge is 0.329 e. The minimum atomic E-state index is -0.555. The van der Waals surface area contributed by atoms with Gasteiger partial charge in [0.2, 0.25) is 5.91 Å². The van der Waals surface area contributed by atoms with E-state index in [1.807, 2.05) is 6.92 Å². The zero-order valence-corrected chi connectivity index (χ0v) is 12.2. The molecule has 2 rings (SSSR count). The average Bonchev–Trinajstić information content (AvgIpc) is 2.88. The van der Waals surface area contributed by atoms with E-state index in [0.717, 1.165) is 0 Å². The maximum atomic E-state index is 12.7. The Morgan fingerprint density at radius 2 is 2.09 bits per heavy atom. The smallest absolute Gasteiger partial charge is 0.319 e. The zero-order chi connectivity index (χ0) is 16.1. The summed E-state index contributed by atoms with van der Waals surface area (Å²) in [5, 5.41) is 14.0. The fourth-order valence-electron chi connectivity index (χ4n) is 2.41. The van der Waals surface area contributed by atoms with Gasteiger partial charge in [-0.3, -0.25) is 4.79 Å². The van der Waals surface area contributed by atoms with E-state index >= 15 is 0 Å². The van der Waals surface area contributed by atoms with Gasteiger partial charge in [0, 0.05) is 12.2 Å². The molecule has 0 radical (unpaired) electrons. The van der Waals surface area contributed by atoms with E-state index in [9.17, 15) is 14.0 Å². The lowest BCUT2D eigenvalue weighted by Gasteiger charge is -2.19. The quantitative estimate of drug-likeness (QED) is 0.891.